The third kappa shape index (κ3) is 10.3. The summed E-state index contributed by atoms with van der Waals surface area (Å²) in [6.45, 7) is 2.26. The van der Waals surface area contributed by atoms with Gasteiger partial charge in [-0.2, -0.15) is 4.80 Å². The van der Waals surface area contributed by atoms with Crippen molar-refractivity contribution < 1.29 is 4.79 Å². The normalized spacial score (nSPS) is 11.4. The molecule has 0 saturated carbocycles. The number of carbonyl (C=O) groups excluding carboxylic acids is 1. The molecule has 0 N–H and O–H groups in total. The van der Waals surface area contributed by atoms with Crippen LogP contribution in [0.3, 0.4) is 0 Å². The molecule has 5 nitrogen and oxygen atoms in total. The van der Waals surface area contributed by atoms with E-state index in [0.717, 1.165) is 19.3 Å². The van der Waals surface area contributed by atoms with Gasteiger partial charge in [0.15, 0.2) is 0 Å². The van der Waals surface area contributed by atoms with Crippen LogP contribution in [-0.2, 0) is 7.05 Å². The smallest absolute Gasteiger partial charge is 0.240 e. The van der Waals surface area contributed by atoms with Gasteiger partial charge in [0.25, 0.3) is 0 Å². The molecule has 0 unspecified atom stereocenters. The van der Waals surface area contributed by atoms with Crippen molar-refractivity contribution in [2.24, 2.45) is 7.05 Å². The highest BCUT2D eigenvalue weighted by Crippen LogP contribution is 2.10. The number of hydrogen-bond donors (Lipinski definition) is 0. The van der Waals surface area contributed by atoms with Crippen molar-refractivity contribution in [3.8, 4) is 0 Å². The molecular weight excluding hydrogens is 300 g/mol. The molecule has 0 radical (unpaired) electrons. The number of hydrogen-bond acceptors (Lipinski definition) is 4. The number of allylic oxidation sites excluding steroid dienone is 2. The molecule has 5 heteroatoms. The molecule has 0 aliphatic rings. The van der Waals surface area contributed by atoms with Crippen LogP contribution in [0.1, 0.15) is 101 Å². The maximum atomic E-state index is 11.8. The molecule has 0 aliphatic heterocycles. The summed E-state index contributed by atoms with van der Waals surface area (Å²) in [7, 11) is 1.67. The van der Waals surface area contributed by atoms with Gasteiger partial charge in [0, 0.05) is 6.42 Å². The summed E-state index contributed by atoms with van der Waals surface area (Å²) >= 11 is 0. The Morgan fingerprint density at radius 1 is 0.917 bits per heavy atom. The lowest BCUT2D eigenvalue weighted by molar-refractivity contribution is 0.0968. The Labute approximate surface area is 146 Å². The number of tetrazole rings is 1. The Bertz CT molecular complexity index is 468. The molecule has 136 valence electrons. The molecule has 1 rings (SSSR count). The van der Waals surface area contributed by atoms with Crippen LogP contribution in [0.25, 0.3) is 0 Å². The molecular formula is C19H34N4O. The summed E-state index contributed by atoms with van der Waals surface area (Å²) in [4.78, 5) is 13.1. The van der Waals surface area contributed by atoms with E-state index in [4.69, 9.17) is 0 Å². The quantitative estimate of drug-likeness (QED) is 0.256. The molecule has 24 heavy (non-hydrogen) atoms. The number of carbonyl (C=O) groups is 1. The van der Waals surface area contributed by atoms with Gasteiger partial charge in [-0.1, -0.05) is 64.0 Å². The highest BCUT2D eigenvalue weighted by molar-refractivity contribution is 5.92. The van der Waals surface area contributed by atoms with Crippen molar-refractivity contribution in [2.75, 3.05) is 0 Å². The molecule has 0 fully saturated rings. The molecule has 0 atom stereocenters. The van der Waals surface area contributed by atoms with Gasteiger partial charge < -0.3 is 0 Å². The molecule has 1 aromatic heterocycles. The van der Waals surface area contributed by atoms with Gasteiger partial charge in [0.1, 0.15) is 0 Å². The second-order valence-corrected chi connectivity index (χ2v) is 6.51. The zero-order valence-electron chi connectivity index (χ0n) is 15.5. The maximum Gasteiger partial charge on any atom is 0.240 e. The summed E-state index contributed by atoms with van der Waals surface area (Å²) in [5.74, 6) is 0.247. The van der Waals surface area contributed by atoms with E-state index in [-0.39, 0.29) is 11.6 Å². The maximum absolute atomic E-state index is 11.8. The fourth-order valence-corrected chi connectivity index (χ4v) is 2.69. The van der Waals surface area contributed by atoms with Crippen molar-refractivity contribution >= 4 is 5.78 Å². The van der Waals surface area contributed by atoms with Crippen molar-refractivity contribution in [1.29, 1.82) is 0 Å². The van der Waals surface area contributed by atoms with Crippen molar-refractivity contribution in [3.05, 3.63) is 18.0 Å². The molecule has 0 aliphatic carbocycles. The first-order chi connectivity index (χ1) is 11.7. The predicted octanol–water partition coefficient (Wildman–Crippen LogP) is 5.04. The highest BCUT2D eigenvalue weighted by atomic mass is 16.1. The molecule has 0 saturated heterocycles. The predicted molar refractivity (Wildman–Crippen MR) is 98.0 cm³/mol. The zero-order chi connectivity index (χ0) is 17.5. The first kappa shape index (κ1) is 20.5. The molecule has 1 aromatic rings. The van der Waals surface area contributed by atoms with Crippen LogP contribution < -0.4 is 0 Å². The van der Waals surface area contributed by atoms with Gasteiger partial charge in [0.2, 0.25) is 11.6 Å². The van der Waals surface area contributed by atoms with Crippen LogP contribution in [0, 0.1) is 0 Å². The average Bonchev–Trinajstić information content (AvgIpc) is 3.01. The number of Topliss-reactive ketones (excluding diaryl/α,β-unsaturated/α-hetero) is 1. The van der Waals surface area contributed by atoms with Crippen LogP contribution in [0.2, 0.25) is 0 Å². The molecule has 0 spiro atoms. The second-order valence-electron chi connectivity index (χ2n) is 6.51. The van der Waals surface area contributed by atoms with Gasteiger partial charge in [-0.15, -0.1) is 10.2 Å². The average molecular weight is 335 g/mol. The summed E-state index contributed by atoms with van der Waals surface area (Å²) in [6, 6.07) is 0. The summed E-state index contributed by atoms with van der Waals surface area (Å²) in [5, 5.41) is 11.4. The van der Waals surface area contributed by atoms with Gasteiger partial charge in [-0.3, -0.25) is 4.79 Å². The fourth-order valence-electron chi connectivity index (χ4n) is 2.69. The van der Waals surface area contributed by atoms with E-state index in [0.29, 0.717) is 6.42 Å². The Balaban J connectivity index is 1.86. The molecule has 0 amide bonds. The van der Waals surface area contributed by atoms with Gasteiger partial charge in [-0.25, -0.2) is 0 Å². The number of nitrogens with zero attached hydrogens (tertiary/aromatic N) is 4. The lowest BCUT2D eigenvalue weighted by Gasteiger charge is -1.99. The topological polar surface area (TPSA) is 60.7 Å². The standard InChI is InChI=1S/C19H34N4O/c1-3-4-5-6-7-8-9-10-11-12-13-14-15-16-17-18(24)19-20-22-23(2)21-19/h10-11H,3-9,12-17H2,1-2H3/b11-10-. The van der Waals surface area contributed by atoms with Crippen LogP contribution in [-0.4, -0.2) is 26.0 Å². The fraction of sp³-hybridized carbons (Fsp3) is 0.789. The van der Waals surface area contributed by atoms with Crippen LogP contribution in [0.4, 0.5) is 0 Å². The molecule has 1 heterocycles. The largest absolute Gasteiger partial charge is 0.291 e. The van der Waals surface area contributed by atoms with Gasteiger partial charge in [0.05, 0.1) is 7.05 Å². The Morgan fingerprint density at radius 3 is 2.08 bits per heavy atom. The summed E-state index contributed by atoms with van der Waals surface area (Å²) in [6.07, 6.45) is 20.2. The third-order valence-electron chi connectivity index (χ3n) is 4.17. The number of rotatable bonds is 15. The second kappa shape index (κ2) is 13.9. The van der Waals surface area contributed by atoms with E-state index in [1.807, 2.05) is 0 Å². The minimum absolute atomic E-state index is 0.00179. The van der Waals surface area contributed by atoms with E-state index in [1.165, 1.54) is 62.6 Å². The van der Waals surface area contributed by atoms with Crippen molar-refractivity contribution in [3.63, 3.8) is 0 Å². The number of aromatic nitrogens is 4. The van der Waals surface area contributed by atoms with Crippen molar-refractivity contribution in [2.45, 2.75) is 90.4 Å². The van der Waals surface area contributed by atoms with Crippen LogP contribution >= 0.6 is 0 Å². The Morgan fingerprint density at radius 2 is 1.50 bits per heavy atom. The number of aryl methyl sites for hydroxylation is 1. The molecule has 0 bridgehead atoms. The van der Waals surface area contributed by atoms with E-state index < -0.39 is 0 Å². The Kier molecular flexibility index (Phi) is 11.9. The van der Waals surface area contributed by atoms with Crippen LogP contribution in [0.15, 0.2) is 12.2 Å². The Hall–Kier alpha value is -1.52. The van der Waals surface area contributed by atoms with Crippen molar-refractivity contribution in [1.82, 2.24) is 20.2 Å². The first-order valence-corrected chi connectivity index (χ1v) is 9.66. The van der Waals surface area contributed by atoms with E-state index in [1.54, 1.807) is 7.05 Å². The SMILES string of the molecule is CCCCCCCC/C=C\CCCCCCC(=O)c1nnn(C)n1. The van der Waals surface area contributed by atoms with Gasteiger partial charge in [-0.05, 0) is 37.3 Å². The lowest BCUT2D eigenvalue weighted by Crippen LogP contribution is -2.02. The van der Waals surface area contributed by atoms with Crippen LogP contribution in [0.5, 0.6) is 0 Å². The van der Waals surface area contributed by atoms with E-state index in [9.17, 15) is 4.79 Å². The third-order valence-corrected chi connectivity index (χ3v) is 4.17. The summed E-state index contributed by atoms with van der Waals surface area (Å²) < 4.78 is 0. The zero-order valence-corrected chi connectivity index (χ0v) is 15.5. The van der Waals surface area contributed by atoms with E-state index in [2.05, 4.69) is 34.5 Å². The minimum Gasteiger partial charge on any atom is -0.291 e. The molecule has 0 aromatic carbocycles. The monoisotopic (exact) mass is 334 g/mol. The highest BCUT2D eigenvalue weighted by Gasteiger charge is 2.10. The lowest BCUT2D eigenvalue weighted by atomic mass is 10.1. The minimum atomic E-state index is 0.00179. The van der Waals surface area contributed by atoms with Gasteiger partial charge >= 0.3 is 0 Å². The first-order valence-electron chi connectivity index (χ1n) is 9.66. The van der Waals surface area contributed by atoms with E-state index >= 15 is 0 Å². The summed E-state index contributed by atoms with van der Waals surface area (Å²) in [5.41, 5.74) is 0. The number of ketones is 1. The number of unbranched alkanes of at least 4 members (excludes halogenated alkanes) is 10.